The van der Waals surface area contributed by atoms with Crippen molar-refractivity contribution in [2.75, 3.05) is 7.05 Å². The third-order valence-corrected chi connectivity index (χ3v) is 2.57. The Morgan fingerprint density at radius 3 is 2.75 bits per heavy atom. The maximum atomic E-state index is 4.24. The fourth-order valence-electron chi connectivity index (χ4n) is 1.68. The molecule has 1 rings (SSSR count). The molecule has 1 unspecified atom stereocenters. The summed E-state index contributed by atoms with van der Waals surface area (Å²) < 4.78 is 0. The molecule has 0 aliphatic heterocycles. The Bertz CT molecular complexity index is 401. The molecule has 0 spiro atoms. The zero-order valence-corrected chi connectivity index (χ0v) is 10.5. The van der Waals surface area contributed by atoms with Gasteiger partial charge in [-0.25, -0.2) is 0 Å². The SMILES string of the molecule is CC#CCC(NC)c1cc(C)nnc1CC. The average molecular weight is 217 g/mol. The molecule has 0 fully saturated rings. The zero-order valence-electron chi connectivity index (χ0n) is 10.5. The minimum Gasteiger partial charge on any atom is -0.312 e. The van der Waals surface area contributed by atoms with Crippen LogP contribution in [-0.2, 0) is 6.42 Å². The first-order chi connectivity index (χ1) is 7.72. The average Bonchev–Trinajstić information content (AvgIpc) is 2.30. The van der Waals surface area contributed by atoms with Gasteiger partial charge in [0.1, 0.15) is 0 Å². The van der Waals surface area contributed by atoms with Crippen LogP contribution in [0.2, 0.25) is 0 Å². The van der Waals surface area contributed by atoms with E-state index in [4.69, 9.17) is 0 Å². The number of nitrogens with zero attached hydrogens (tertiary/aromatic N) is 2. The first-order valence-electron chi connectivity index (χ1n) is 5.62. The molecule has 3 nitrogen and oxygen atoms in total. The van der Waals surface area contributed by atoms with E-state index in [0.717, 1.165) is 24.2 Å². The Kier molecular flexibility index (Phi) is 4.94. The maximum Gasteiger partial charge on any atom is 0.0676 e. The molecule has 1 N–H and O–H groups in total. The highest BCUT2D eigenvalue weighted by atomic mass is 15.1. The Hall–Kier alpha value is -1.40. The summed E-state index contributed by atoms with van der Waals surface area (Å²) in [6.45, 7) is 5.93. The Labute approximate surface area is 97.7 Å². The smallest absolute Gasteiger partial charge is 0.0676 e. The molecule has 1 aromatic heterocycles. The zero-order chi connectivity index (χ0) is 12.0. The van der Waals surface area contributed by atoms with Gasteiger partial charge in [0.05, 0.1) is 11.4 Å². The van der Waals surface area contributed by atoms with Crippen LogP contribution in [0.1, 0.15) is 43.3 Å². The lowest BCUT2D eigenvalue weighted by Gasteiger charge is -2.16. The fourth-order valence-corrected chi connectivity index (χ4v) is 1.68. The Morgan fingerprint density at radius 2 is 2.19 bits per heavy atom. The van der Waals surface area contributed by atoms with E-state index in [1.54, 1.807) is 0 Å². The summed E-state index contributed by atoms with van der Waals surface area (Å²) in [4.78, 5) is 0. The molecule has 0 aliphatic carbocycles. The third kappa shape index (κ3) is 3.04. The standard InChI is InChI=1S/C13H19N3/c1-5-7-8-13(14-4)11-9-10(3)15-16-12(11)6-2/h9,13-14H,6,8H2,1-4H3. The predicted molar refractivity (Wildman–Crippen MR) is 66.0 cm³/mol. The topological polar surface area (TPSA) is 37.8 Å². The molecule has 0 saturated heterocycles. The minimum atomic E-state index is 0.247. The van der Waals surface area contributed by atoms with Crippen LogP contribution < -0.4 is 5.32 Å². The highest BCUT2D eigenvalue weighted by Gasteiger charge is 2.13. The van der Waals surface area contributed by atoms with Gasteiger partial charge in [0.2, 0.25) is 0 Å². The number of nitrogens with one attached hydrogen (secondary N) is 1. The Morgan fingerprint density at radius 1 is 1.44 bits per heavy atom. The van der Waals surface area contributed by atoms with Crippen molar-refractivity contribution in [1.82, 2.24) is 15.5 Å². The van der Waals surface area contributed by atoms with Gasteiger partial charge in [0.25, 0.3) is 0 Å². The molecule has 0 amide bonds. The first-order valence-corrected chi connectivity index (χ1v) is 5.62. The van der Waals surface area contributed by atoms with Crippen LogP contribution in [-0.4, -0.2) is 17.2 Å². The van der Waals surface area contributed by atoms with Gasteiger partial charge < -0.3 is 5.32 Å². The van der Waals surface area contributed by atoms with Crippen molar-refractivity contribution >= 4 is 0 Å². The van der Waals surface area contributed by atoms with Crippen LogP contribution in [0.3, 0.4) is 0 Å². The molecule has 0 saturated carbocycles. The molecule has 16 heavy (non-hydrogen) atoms. The van der Waals surface area contributed by atoms with Crippen molar-refractivity contribution < 1.29 is 0 Å². The number of hydrogen-bond donors (Lipinski definition) is 1. The maximum absolute atomic E-state index is 4.24. The monoisotopic (exact) mass is 217 g/mol. The van der Waals surface area contributed by atoms with E-state index in [-0.39, 0.29) is 6.04 Å². The van der Waals surface area contributed by atoms with E-state index >= 15 is 0 Å². The van der Waals surface area contributed by atoms with Crippen molar-refractivity contribution in [1.29, 1.82) is 0 Å². The van der Waals surface area contributed by atoms with E-state index in [0.29, 0.717) is 0 Å². The van der Waals surface area contributed by atoms with E-state index in [1.807, 2.05) is 20.9 Å². The van der Waals surface area contributed by atoms with Crippen LogP contribution in [0.4, 0.5) is 0 Å². The van der Waals surface area contributed by atoms with E-state index < -0.39 is 0 Å². The van der Waals surface area contributed by atoms with Crippen molar-refractivity contribution in [3.63, 3.8) is 0 Å². The Balaban J connectivity index is 3.04. The summed E-state index contributed by atoms with van der Waals surface area (Å²) in [5.41, 5.74) is 3.24. The minimum absolute atomic E-state index is 0.247. The molecule has 0 radical (unpaired) electrons. The number of aromatic nitrogens is 2. The largest absolute Gasteiger partial charge is 0.312 e. The van der Waals surface area contributed by atoms with Gasteiger partial charge in [0, 0.05) is 12.5 Å². The van der Waals surface area contributed by atoms with Gasteiger partial charge in [-0.2, -0.15) is 10.2 Å². The first kappa shape index (κ1) is 12.7. The summed E-state index contributed by atoms with van der Waals surface area (Å²) in [6, 6.07) is 2.35. The highest BCUT2D eigenvalue weighted by Crippen LogP contribution is 2.19. The lowest BCUT2D eigenvalue weighted by atomic mass is 10.0. The quantitative estimate of drug-likeness (QED) is 0.784. The summed E-state index contributed by atoms with van der Waals surface area (Å²) in [6.07, 6.45) is 1.71. The molecular formula is C13H19N3. The number of hydrogen-bond acceptors (Lipinski definition) is 3. The van der Waals surface area contributed by atoms with Crippen LogP contribution in [0, 0.1) is 18.8 Å². The van der Waals surface area contributed by atoms with Crippen LogP contribution in [0.15, 0.2) is 6.07 Å². The van der Waals surface area contributed by atoms with Gasteiger partial charge in [-0.1, -0.05) is 6.92 Å². The molecule has 0 bridgehead atoms. The molecule has 1 heterocycles. The molecule has 0 aliphatic rings. The normalized spacial score (nSPS) is 11.8. The van der Waals surface area contributed by atoms with Gasteiger partial charge in [0.15, 0.2) is 0 Å². The lowest BCUT2D eigenvalue weighted by Crippen LogP contribution is -2.18. The van der Waals surface area contributed by atoms with Crippen LogP contribution in [0.5, 0.6) is 0 Å². The van der Waals surface area contributed by atoms with Crippen molar-refractivity contribution in [2.45, 2.75) is 39.7 Å². The van der Waals surface area contributed by atoms with Crippen LogP contribution >= 0.6 is 0 Å². The van der Waals surface area contributed by atoms with E-state index in [9.17, 15) is 0 Å². The third-order valence-electron chi connectivity index (χ3n) is 2.57. The summed E-state index contributed by atoms with van der Waals surface area (Å²) in [5.74, 6) is 6.04. The molecule has 1 atom stereocenters. The second-order valence-corrected chi connectivity index (χ2v) is 3.71. The van der Waals surface area contributed by atoms with Gasteiger partial charge >= 0.3 is 0 Å². The van der Waals surface area contributed by atoms with Crippen molar-refractivity contribution in [3.05, 3.63) is 23.0 Å². The summed E-state index contributed by atoms with van der Waals surface area (Å²) in [5, 5.41) is 11.6. The second-order valence-electron chi connectivity index (χ2n) is 3.71. The number of rotatable bonds is 4. The van der Waals surface area contributed by atoms with E-state index in [2.05, 4.69) is 40.3 Å². The summed E-state index contributed by atoms with van der Waals surface area (Å²) in [7, 11) is 1.96. The van der Waals surface area contributed by atoms with Crippen LogP contribution in [0.25, 0.3) is 0 Å². The van der Waals surface area contributed by atoms with Gasteiger partial charge in [-0.3, -0.25) is 0 Å². The lowest BCUT2D eigenvalue weighted by molar-refractivity contribution is 0.596. The molecule has 86 valence electrons. The van der Waals surface area contributed by atoms with E-state index in [1.165, 1.54) is 5.56 Å². The predicted octanol–water partition coefficient (Wildman–Crippen LogP) is 2.02. The highest BCUT2D eigenvalue weighted by molar-refractivity contribution is 5.26. The molecule has 1 aromatic rings. The van der Waals surface area contributed by atoms with Gasteiger partial charge in [-0.05, 0) is 38.9 Å². The van der Waals surface area contributed by atoms with Gasteiger partial charge in [-0.15, -0.1) is 11.8 Å². The number of aryl methyl sites for hydroxylation is 2. The van der Waals surface area contributed by atoms with Crippen molar-refractivity contribution in [3.8, 4) is 11.8 Å². The molecular weight excluding hydrogens is 198 g/mol. The molecule has 3 heteroatoms. The van der Waals surface area contributed by atoms with Crippen molar-refractivity contribution in [2.24, 2.45) is 0 Å². The summed E-state index contributed by atoms with van der Waals surface area (Å²) >= 11 is 0. The molecule has 0 aromatic carbocycles. The second kappa shape index (κ2) is 6.24. The fraction of sp³-hybridized carbons (Fsp3) is 0.538.